The number of nitrogens with zero attached hydrogens (tertiary/aromatic N) is 1. The minimum absolute atomic E-state index is 0.813. The van der Waals surface area contributed by atoms with Gasteiger partial charge in [-0.05, 0) is 57.6 Å². The van der Waals surface area contributed by atoms with Gasteiger partial charge in [-0.3, -0.25) is 0 Å². The molecule has 0 fully saturated rings. The van der Waals surface area contributed by atoms with Crippen molar-refractivity contribution in [1.29, 1.82) is 0 Å². The zero-order valence-electron chi connectivity index (χ0n) is 10.5. The van der Waals surface area contributed by atoms with Crippen LogP contribution in [0.15, 0.2) is 24.3 Å². The Hall–Kier alpha value is -0.990. The van der Waals surface area contributed by atoms with Gasteiger partial charge in [0.25, 0.3) is 0 Å². The molecule has 0 bridgehead atoms. The summed E-state index contributed by atoms with van der Waals surface area (Å²) in [4.78, 5) is 0. The van der Waals surface area contributed by atoms with Gasteiger partial charge >= 0.3 is 0 Å². The first-order valence-corrected chi connectivity index (χ1v) is 6.56. The molecule has 17 heavy (non-hydrogen) atoms. The summed E-state index contributed by atoms with van der Waals surface area (Å²) in [5, 5.41) is 5.25. The highest BCUT2D eigenvalue weighted by atomic mass is 35.5. The van der Waals surface area contributed by atoms with E-state index in [1.165, 1.54) is 23.0 Å². The van der Waals surface area contributed by atoms with Crippen molar-refractivity contribution in [2.24, 2.45) is 0 Å². The van der Waals surface area contributed by atoms with Crippen LogP contribution in [-0.2, 0) is 13.0 Å². The third kappa shape index (κ3) is 2.64. The minimum atomic E-state index is 0.813. The molecule has 0 saturated carbocycles. The molecule has 0 spiro atoms. The van der Waals surface area contributed by atoms with E-state index in [0.29, 0.717) is 0 Å². The maximum absolute atomic E-state index is 6.03. The van der Waals surface area contributed by atoms with E-state index in [1.807, 2.05) is 19.2 Å². The van der Waals surface area contributed by atoms with Gasteiger partial charge in [-0.15, -0.1) is 0 Å². The van der Waals surface area contributed by atoms with E-state index in [2.05, 4.69) is 28.9 Å². The number of aromatic nitrogens is 1. The Morgan fingerprint density at radius 2 is 2.12 bits per heavy atom. The number of benzene rings is 1. The highest BCUT2D eigenvalue weighted by Gasteiger charge is 2.07. The van der Waals surface area contributed by atoms with Gasteiger partial charge in [0.2, 0.25) is 0 Å². The summed E-state index contributed by atoms with van der Waals surface area (Å²) >= 11 is 6.03. The quantitative estimate of drug-likeness (QED) is 0.805. The third-order valence-corrected chi connectivity index (χ3v) is 3.36. The average molecular weight is 251 g/mol. The molecule has 0 aliphatic carbocycles. The van der Waals surface area contributed by atoms with Crippen molar-refractivity contribution < 1.29 is 0 Å². The fraction of sp³-hybridized carbons (Fsp3) is 0.429. The molecule has 0 amide bonds. The van der Waals surface area contributed by atoms with Gasteiger partial charge in [0.15, 0.2) is 0 Å². The molecular weight excluding hydrogens is 232 g/mol. The van der Waals surface area contributed by atoms with Crippen LogP contribution < -0.4 is 5.32 Å². The van der Waals surface area contributed by atoms with Gasteiger partial charge in [-0.2, -0.15) is 0 Å². The van der Waals surface area contributed by atoms with Gasteiger partial charge in [0.05, 0.1) is 0 Å². The van der Waals surface area contributed by atoms with Crippen LogP contribution >= 0.6 is 11.6 Å². The topological polar surface area (TPSA) is 17.0 Å². The molecule has 0 aliphatic heterocycles. The lowest BCUT2D eigenvalue weighted by molar-refractivity contribution is 0.673. The van der Waals surface area contributed by atoms with E-state index in [4.69, 9.17) is 11.6 Å². The Balaban J connectivity index is 2.34. The van der Waals surface area contributed by atoms with Crippen LogP contribution in [0.5, 0.6) is 0 Å². The molecule has 1 N–H and O–H groups in total. The fourth-order valence-electron chi connectivity index (χ4n) is 2.33. The third-order valence-electron chi connectivity index (χ3n) is 3.13. The van der Waals surface area contributed by atoms with Crippen molar-refractivity contribution in [3.05, 3.63) is 35.0 Å². The average Bonchev–Trinajstić information content (AvgIpc) is 2.66. The molecule has 1 aromatic carbocycles. The molecule has 1 aromatic heterocycles. The lowest BCUT2D eigenvalue weighted by Crippen LogP contribution is -2.10. The summed E-state index contributed by atoms with van der Waals surface area (Å²) in [7, 11) is 2.00. The van der Waals surface area contributed by atoms with Crippen molar-refractivity contribution in [2.75, 3.05) is 13.6 Å². The molecule has 0 saturated heterocycles. The maximum Gasteiger partial charge on any atom is 0.0483 e. The Morgan fingerprint density at radius 3 is 2.82 bits per heavy atom. The fourth-order valence-corrected chi connectivity index (χ4v) is 2.51. The molecule has 0 aliphatic rings. The first kappa shape index (κ1) is 12.5. The number of hydrogen-bond donors (Lipinski definition) is 1. The van der Waals surface area contributed by atoms with E-state index in [0.717, 1.165) is 24.5 Å². The van der Waals surface area contributed by atoms with Crippen molar-refractivity contribution in [1.82, 2.24) is 9.88 Å². The van der Waals surface area contributed by atoms with Crippen LogP contribution in [0, 0.1) is 0 Å². The van der Waals surface area contributed by atoms with Crippen LogP contribution in [0.3, 0.4) is 0 Å². The SMILES string of the molecule is CCn1c(CCCNC)cc2cc(Cl)ccc21. The Bertz CT molecular complexity index is 502. The van der Waals surface area contributed by atoms with E-state index in [1.54, 1.807) is 0 Å². The van der Waals surface area contributed by atoms with E-state index >= 15 is 0 Å². The summed E-state index contributed by atoms with van der Waals surface area (Å²) in [5.74, 6) is 0. The zero-order valence-corrected chi connectivity index (χ0v) is 11.2. The molecule has 92 valence electrons. The molecule has 0 radical (unpaired) electrons. The summed E-state index contributed by atoms with van der Waals surface area (Å²) in [6.45, 7) is 4.27. The number of nitrogens with one attached hydrogen (secondary N) is 1. The lowest BCUT2D eigenvalue weighted by Gasteiger charge is -2.07. The molecule has 1 heterocycles. The first-order valence-electron chi connectivity index (χ1n) is 6.18. The second kappa shape index (κ2) is 5.56. The van der Waals surface area contributed by atoms with Crippen LogP contribution in [-0.4, -0.2) is 18.2 Å². The van der Waals surface area contributed by atoms with Crippen LogP contribution in [0.25, 0.3) is 10.9 Å². The molecule has 2 nitrogen and oxygen atoms in total. The van der Waals surface area contributed by atoms with Gasteiger partial charge in [-0.25, -0.2) is 0 Å². The molecule has 2 aromatic rings. The smallest absolute Gasteiger partial charge is 0.0483 e. The zero-order chi connectivity index (χ0) is 12.3. The van der Waals surface area contributed by atoms with E-state index in [-0.39, 0.29) is 0 Å². The van der Waals surface area contributed by atoms with Crippen LogP contribution in [0.2, 0.25) is 5.02 Å². The molecule has 3 heteroatoms. The number of rotatable bonds is 5. The van der Waals surface area contributed by atoms with Crippen molar-refractivity contribution in [3.8, 4) is 0 Å². The van der Waals surface area contributed by atoms with Crippen LogP contribution in [0.4, 0.5) is 0 Å². The van der Waals surface area contributed by atoms with Crippen molar-refractivity contribution in [2.45, 2.75) is 26.3 Å². The first-order chi connectivity index (χ1) is 8.26. The highest BCUT2D eigenvalue weighted by Crippen LogP contribution is 2.24. The standard InChI is InChI=1S/C14H19ClN2/c1-3-17-13(5-4-8-16-2)10-11-9-12(15)6-7-14(11)17/h6-7,9-10,16H,3-5,8H2,1-2H3. The van der Waals surface area contributed by atoms with Gasteiger partial charge in [0, 0.05) is 28.2 Å². The molecule has 0 atom stereocenters. The van der Waals surface area contributed by atoms with Crippen molar-refractivity contribution >= 4 is 22.5 Å². The van der Waals surface area contributed by atoms with Crippen molar-refractivity contribution in [3.63, 3.8) is 0 Å². The number of fused-ring (bicyclic) bond motifs is 1. The molecular formula is C14H19ClN2. The Morgan fingerprint density at radius 1 is 1.29 bits per heavy atom. The second-order valence-corrected chi connectivity index (χ2v) is 4.73. The Kier molecular flexibility index (Phi) is 4.08. The van der Waals surface area contributed by atoms with Gasteiger partial charge < -0.3 is 9.88 Å². The monoisotopic (exact) mass is 250 g/mol. The molecule has 0 unspecified atom stereocenters. The predicted molar refractivity (Wildman–Crippen MR) is 74.9 cm³/mol. The molecule has 2 rings (SSSR count). The Labute approximate surface area is 108 Å². The van der Waals surface area contributed by atoms with Gasteiger partial charge in [-0.1, -0.05) is 11.6 Å². The second-order valence-electron chi connectivity index (χ2n) is 4.29. The van der Waals surface area contributed by atoms with E-state index < -0.39 is 0 Å². The largest absolute Gasteiger partial charge is 0.345 e. The maximum atomic E-state index is 6.03. The number of aryl methyl sites for hydroxylation is 2. The summed E-state index contributed by atoms with van der Waals surface area (Å²) in [6.07, 6.45) is 2.28. The summed E-state index contributed by atoms with van der Waals surface area (Å²) < 4.78 is 2.38. The van der Waals surface area contributed by atoms with Gasteiger partial charge in [0.1, 0.15) is 0 Å². The number of hydrogen-bond acceptors (Lipinski definition) is 1. The normalized spacial score (nSPS) is 11.2. The number of halogens is 1. The predicted octanol–water partition coefficient (Wildman–Crippen LogP) is 3.47. The van der Waals surface area contributed by atoms with Crippen LogP contribution in [0.1, 0.15) is 19.0 Å². The minimum Gasteiger partial charge on any atom is -0.345 e. The van der Waals surface area contributed by atoms with E-state index in [9.17, 15) is 0 Å². The highest BCUT2D eigenvalue weighted by molar-refractivity contribution is 6.31. The summed E-state index contributed by atoms with van der Waals surface area (Å²) in [5.41, 5.74) is 2.69. The lowest BCUT2D eigenvalue weighted by atomic mass is 10.2. The summed E-state index contributed by atoms with van der Waals surface area (Å²) in [6, 6.07) is 8.39.